The highest BCUT2D eigenvalue weighted by molar-refractivity contribution is 5.93. The van der Waals surface area contributed by atoms with Gasteiger partial charge < -0.3 is 25.0 Å². The lowest BCUT2D eigenvalue weighted by Crippen LogP contribution is -3.14. The van der Waals surface area contributed by atoms with Crippen molar-refractivity contribution in [2.45, 2.75) is 26.2 Å². The summed E-state index contributed by atoms with van der Waals surface area (Å²) in [5.74, 6) is 1.43. The summed E-state index contributed by atoms with van der Waals surface area (Å²) in [6.07, 6.45) is 2.40. The summed E-state index contributed by atoms with van der Waals surface area (Å²) in [6, 6.07) is 13.7. The first kappa shape index (κ1) is 21.2. The van der Waals surface area contributed by atoms with Gasteiger partial charge >= 0.3 is 0 Å². The van der Waals surface area contributed by atoms with E-state index in [1.165, 1.54) is 16.0 Å². The zero-order valence-electron chi connectivity index (χ0n) is 17.9. The van der Waals surface area contributed by atoms with Crippen LogP contribution < -0.4 is 25.0 Å². The van der Waals surface area contributed by atoms with Crippen LogP contribution in [-0.2, 0) is 16.0 Å². The molecule has 0 aliphatic carbocycles. The standard InChI is InChI=1S/C24H29N3O4/c1-17-4-2-3-5-18(17)8-11-25-23(28)15-27-12-9-19(10-13-27)24(29)26-20-6-7-21-22(14-20)31-16-30-21/h2-7,14,19H,8-13,15-16H2,1H3,(H,25,28)(H,26,29)/p+1. The van der Waals surface area contributed by atoms with Crippen molar-refractivity contribution in [3.63, 3.8) is 0 Å². The Morgan fingerprint density at radius 3 is 2.65 bits per heavy atom. The third kappa shape index (κ3) is 5.55. The smallest absolute Gasteiger partial charge is 0.275 e. The molecule has 2 aliphatic rings. The molecule has 164 valence electrons. The maximum atomic E-state index is 12.6. The van der Waals surface area contributed by atoms with E-state index in [-0.39, 0.29) is 24.5 Å². The third-order valence-electron chi connectivity index (χ3n) is 6.09. The quantitative estimate of drug-likeness (QED) is 0.626. The normalized spacial score (nSPS) is 19.6. The van der Waals surface area contributed by atoms with Crippen LogP contribution in [-0.4, -0.2) is 44.8 Å². The first-order chi connectivity index (χ1) is 15.1. The van der Waals surface area contributed by atoms with Gasteiger partial charge in [-0.3, -0.25) is 9.59 Å². The number of hydrogen-bond donors (Lipinski definition) is 3. The highest BCUT2D eigenvalue weighted by atomic mass is 16.7. The van der Waals surface area contributed by atoms with Crippen molar-refractivity contribution in [1.29, 1.82) is 0 Å². The molecule has 7 nitrogen and oxygen atoms in total. The molecule has 1 fully saturated rings. The number of carbonyl (C=O) groups excluding carboxylic acids is 2. The van der Waals surface area contributed by atoms with Gasteiger partial charge in [0.2, 0.25) is 12.7 Å². The Labute approximate surface area is 182 Å². The Kier molecular flexibility index (Phi) is 6.72. The minimum Gasteiger partial charge on any atom is -0.454 e. The van der Waals surface area contributed by atoms with Crippen molar-refractivity contribution >= 4 is 17.5 Å². The zero-order chi connectivity index (χ0) is 21.6. The molecule has 0 spiro atoms. The van der Waals surface area contributed by atoms with Crippen LogP contribution in [0.25, 0.3) is 0 Å². The first-order valence-electron chi connectivity index (χ1n) is 10.9. The van der Waals surface area contributed by atoms with Crippen molar-refractivity contribution < 1.29 is 24.0 Å². The third-order valence-corrected chi connectivity index (χ3v) is 6.09. The average Bonchev–Trinajstić information content (AvgIpc) is 3.23. The zero-order valence-corrected chi connectivity index (χ0v) is 17.9. The molecule has 0 bridgehead atoms. The van der Waals surface area contributed by atoms with Crippen molar-refractivity contribution in [3.05, 3.63) is 53.6 Å². The molecule has 2 heterocycles. The Hall–Kier alpha value is -3.06. The topological polar surface area (TPSA) is 81.1 Å². The molecular weight excluding hydrogens is 394 g/mol. The van der Waals surface area contributed by atoms with Gasteiger partial charge in [0, 0.05) is 37.1 Å². The Bertz CT molecular complexity index is 938. The molecule has 1 saturated heterocycles. The lowest BCUT2D eigenvalue weighted by molar-refractivity contribution is -0.897. The molecule has 0 saturated carbocycles. The van der Waals surface area contributed by atoms with Crippen LogP contribution in [0, 0.1) is 12.8 Å². The number of amides is 2. The molecule has 2 amide bonds. The summed E-state index contributed by atoms with van der Waals surface area (Å²) in [7, 11) is 0. The molecular formula is C24H30N3O4+. The fourth-order valence-corrected chi connectivity index (χ4v) is 4.20. The molecule has 0 atom stereocenters. The SMILES string of the molecule is Cc1ccccc1CCNC(=O)C[NH+]1CCC(C(=O)Nc2ccc3c(c2)OCO3)CC1. The number of nitrogens with one attached hydrogen (secondary N) is 3. The Balaban J connectivity index is 1.16. The number of quaternary nitrogens is 1. The lowest BCUT2D eigenvalue weighted by Gasteiger charge is -2.28. The maximum absolute atomic E-state index is 12.6. The van der Waals surface area contributed by atoms with Gasteiger partial charge in [-0.2, -0.15) is 0 Å². The number of rotatable bonds is 7. The second-order valence-electron chi connectivity index (χ2n) is 8.28. The van der Waals surface area contributed by atoms with E-state index in [1.807, 2.05) is 24.3 Å². The van der Waals surface area contributed by atoms with Crippen molar-refractivity contribution in [1.82, 2.24) is 5.32 Å². The van der Waals surface area contributed by atoms with Gasteiger partial charge in [-0.05, 0) is 36.6 Å². The Morgan fingerprint density at radius 2 is 1.84 bits per heavy atom. The molecule has 0 unspecified atom stereocenters. The molecule has 0 radical (unpaired) electrons. The molecule has 2 aliphatic heterocycles. The summed E-state index contributed by atoms with van der Waals surface area (Å²) in [4.78, 5) is 26.2. The van der Waals surface area contributed by atoms with Crippen LogP contribution in [0.4, 0.5) is 5.69 Å². The van der Waals surface area contributed by atoms with E-state index in [9.17, 15) is 9.59 Å². The first-order valence-corrected chi connectivity index (χ1v) is 10.9. The van der Waals surface area contributed by atoms with E-state index in [0.717, 1.165) is 38.0 Å². The van der Waals surface area contributed by atoms with Crippen LogP contribution in [0.3, 0.4) is 0 Å². The highest BCUT2D eigenvalue weighted by Gasteiger charge is 2.28. The number of likely N-dealkylation sites (tertiary alicyclic amines) is 1. The van der Waals surface area contributed by atoms with Crippen molar-refractivity contribution in [2.75, 3.05) is 38.3 Å². The number of carbonyl (C=O) groups is 2. The van der Waals surface area contributed by atoms with Crippen LogP contribution in [0.2, 0.25) is 0 Å². The number of piperidine rings is 1. The molecule has 3 N–H and O–H groups in total. The van der Waals surface area contributed by atoms with Gasteiger partial charge in [-0.25, -0.2) is 0 Å². The summed E-state index contributed by atoms with van der Waals surface area (Å²) >= 11 is 0. The van der Waals surface area contributed by atoms with E-state index < -0.39 is 0 Å². The number of benzene rings is 2. The average molecular weight is 425 g/mol. The molecule has 7 heteroatoms. The number of ether oxygens (including phenoxy) is 2. The summed E-state index contributed by atoms with van der Waals surface area (Å²) in [5, 5.41) is 6.01. The van der Waals surface area contributed by atoms with E-state index in [0.29, 0.717) is 24.6 Å². The van der Waals surface area contributed by atoms with E-state index in [4.69, 9.17) is 9.47 Å². The highest BCUT2D eigenvalue weighted by Crippen LogP contribution is 2.34. The predicted octanol–water partition coefficient (Wildman–Crippen LogP) is 1.32. The molecule has 0 aromatic heterocycles. The van der Waals surface area contributed by atoms with E-state index in [1.54, 1.807) is 6.07 Å². The number of aryl methyl sites for hydroxylation is 1. The maximum Gasteiger partial charge on any atom is 0.275 e. The van der Waals surface area contributed by atoms with Gasteiger partial charge in [-0.1, -0.05) is 24.3 Å². The molecule has 2 aromatic carbocycles. The number of anilines is 1. The minimum atomic E-state index is -0.0294. The monoisotopic (exact) mass is 424 g/mol. The Morgan fingerprint density at radius 1 is 1.06 bits per heavy atom. The predicted molar refractivity (Wildman–Crippen MR) is 117 cm³/mol. The van der Waals surface area contributed by atoms with Crippen LogP contribution in [0.15, 0.2) is 42.5 Å². The molecule has 4 rings (SSSR count). The van der Waals surface area contributed by atoms with Gasteiger partial charge in [0.25, 0.3) is 5.91 Å². The lowest BCUT2D eigenvalue weighted by atomic mass is 9.95. The fraction of sp³-hybridized carbons (Fsp3) is 0.417. The summed E-state index contributed by atoms with van der Waals surface area (Å²) < 4.78 is 10.7. The second kappa shape index (κ2) is 9.83. The van der Waals surface area contributed by atoms with E-state index in [2.05, 4.69) is 29.7 Å². The second-order valence-corrected chi connectivity index (χ2v) is 8.28. The van der Waals surface area contributed by atoms with Gasteiger partial charge in [-0.15, -0.1) is 0 Å². The molecule has 2 aromatic rings. The summed E-state index contributed by atoms with van der Waals surface area (Å²) in [6.45, 7) is 5.07. The van der Waals surface area contributed by atoms with Crippen LogP contribution >= 0.6 is 0 Å². The van der Waals surface area contributed by atoms with Crippen molar-refractivity contribution in [3.8, 4) is 11.5 Å². The van der Waals surface area contributed by atoms with Gasteiger partial charge in [0.05, 0.1) is 13.1 Å². The number of hydrogen-bond acceptors (Lipinski definition) is 4. The number of fused-ring (bicyclic) bond motifs is 1. The fourth-order valence-electron chi connectivity index (χ4n) is 4.20. The molecule has 31 heavy (non-hydrogen) atoms. The van der Waals surface area contributed by atoms with Crippen molar-refractivity contribution in [2.24, 2.45) is 5.92 Å². The van der Waals surface area contributed by atoms with Gasteiger partial charge in [0.1, 0.15) is 0 Å². The van der Waals surface area contributed by atoms with Crippen LogP contribution in [0.1, 0.15) is 24.0 Å². The van der Waals surface area contributed by atoms with Crippen LogP contribution in [0.5, 0.6) is 11.5 Å². The minimum absolute atomic E-state index is 0.0283. The largest absolute Gasteiger partial charge is 0.454 e. The van der Waals surface area contributed by atoms with Gasteiger partial charge in [0.15, 0.2) is 18.0 Å². The summed E-state index contributed by atoms with van der Waals surface area (Å²) in [5.41, 5.74) is 3.24. The van der Waals surface area contributed by atoms with E-state index >= 15 is 0 Å².